The highest BCUT2D eigenvalue weighted by Crippen LogP contribution is 2.28. The number of hydrogen-bond donors (Lipinski definition) is 0. The number of aryl methyl sites for hydroxylation is 2. The van der Waals surface area contributed by atoms with E-state index in [0.29, 0.717) is 0 Å². The molecule has 90 valence electrons. The largest absolute Gasteiger partial charge is 0.497 e. The third-order valence-corrected chi connectivity index (χ3v) is 2.62. The van der Waals surface area contributed by atoms with E-state index in [0.717, 1.165) is 28.6 Å². The van der Waals surface area contributed by atoms with Gasteiger partial charge in [0.25, 0.3) is 0 Å². The van der Waals surface area contributed by atoms with Gasteiger partial charge in [0.15, 0.2) is 0 Å². The molecule has 0 aliphatic carbocycles. The molecule has 4 nitrogen and oxygen atoms in total. The first-order valence-corrected chi connectivity index (χ1v) is 5.41. The number of nitrogens with zero attached hydrogens (tertiary/aromatic N) is 2. The summed E-state index contributed by atoms with van der Waals surface area (Å²) in [6.45, 7) is 3.98. The summed E-state index contributed by atoms with van der Waals surface area (Å²) in [7, 11) is 3.30. The van der Waals surface area contributed by atoms with Gasteiger partial charge in [-0.25, -0.2) is 4.68 Å². The van der Waals surface area contributed by atoms with Gasteiger partial charge in [-0.05, 0) is 32.0 Å². The summed E-state index contributed by atoms with van der Waals surface area (Å²) in [6, 6.07) is 7.69. The lowest BCUT2D eigenvalue weighted by Gasteiger charge is -2.11. The third-order valence-electron chi connectivity index (χ3n) is 2.62. The van der Waals surface area contributed by atoms with Crippen LogP contribution in [0, 0.1) is 13.8 Å². The Hall–Kier alpha value is -1.97. The minimum absolute atomic E-state index is 0.775. The maximum atomic E-state index is 5.35. The Bertz CT molecular complexity index is 532. The molecule has 1 aromatic heterocycles. The van der Waals surface area contributed by atoms with Crippen molar-refractivity contribution in [3.63, 3.8) is 0 Å². The Balaban J connectivity index is 2.59. The average molecular weight is 232 g/mol. The molecule has 0 saturated carbocycles. The van der Waals surface area contributed by atoms with Crippen molar-refractivity contribution < 1.29 is 9.47 Å². The summed E-state index contributed by atoms with van der Waals surface area (Å²) in [5, 5.41) is 4.45. The highest BCUT2D eigenvalue weighted by Gasteiger charge is 2.10. The summed E-state index contributed by atoms with van der Waals surface area (Å²) in [5.74, 6) is 1.56. The van der Waals surface area contributed by atoms with E-state index in [1.54, 1.807) is 14.2 Å². The molecule has 0 radical (unpaired) electrons. The zero-order valence-corrected chi connectivity index (χ0v) is 10.5. The molecule has 2 rings (SSSR count). The summed E-state index contributed by atoms with van der Waals surface area (Å²) in [4.78, 5) is 0. The van der Waals surface area contributed by atoms with E-state index in [4.69, 9.17) is 9.47 Å². The first kappa shape index (κ1) is 11.5. The van der Waals surface area contributed by atoms with Crippen LogP contribution in [0.3, 0.4) is 0 Å². The van der Waals surface area contributed by atoms with Crippen LogP contribution in [0.25, 0.3) is 5.69 Å². The van der Waals surface area contributed by atoms with Crippen molar-refractivity contribution in [3.8, 4) is 17.2 Å². The van der Waals surface area contributed by atoms with Gasteiger partial charge < -0.3 is 9.47 Å². The second kappa shape index (κ2) is 4.49. The van der Waals surface area contributed by atoms with E-state index in [-0.39, 0.29) is 0 Å². The number of aromatic nitrogens is 2. The number of rotatable bonds is 3. The van der Waals surface area contributed by atoms with Crippen molar-refractivity contribution in [3.05, 3.63) is 35.7 Å². The van der Waals surface area contributed by atoms with E-state index in [9.17, 15) is 0 Å². The Morgan fingerprint density at radius 2 is 1.82 bits per heavy atom. The zero-order chi connectivity index (χ0) is 12.4. The van der Waals surface area contributed by atoms with Crippen LogP contribution in [0.2, 0.25) is 0 Å². The fraction of sp³-hybridized carbons (Fsp3) is 0.308. The number of methoxy groups -OCH3 is 2. The molecule has 0 amide bonds. The van der Waals surface area contributed by atoms with Crippen molar-refractivity contribution in [1.29, 1.82) is 0 Å². The molecule has 2 aromatic rings. The number of benzene rings is 1. The topological polar surface area (TPSA) is 36.3 Å². The second-order valence-electron chi connectivity index (χ2n) is 3.88. The van der Waals surface area contributed by atoms with Gasteiger partial charge in [0.1, 0.15) is 17.2 Å². The molecule has 0 unspecified atom stereocenters. The minimum atomic E-state index is 0.775. The molecule has 0 saturated heterocycles. The molecule has 1 aromatic carbocycles. The van der Waals surface area contributed by atoms with E-state index in [2.05, 4.69) is 5.10 Å². The lowest BCUT2D eigenvalue weighted by Crippen LogP contribution is -2.02. The van der Waals surface area contributed by atoms with Gasteiger partial charge in [0.05, 0.1) is 19.9 Å². The molecular formula is C13H16N2O2. The van der Waals surface area contributed by atoms with E-state index in [1.807, 2.05) is 42.8 Å². The van der Waals surface area contributed by atoms with Crippen molar-refractivity contribution in [2.24, 2.45) is 0 Å². The van der Waals surface area contributed by atoms with Crippen LogP contribution in [-0.4, -0.2) is 24.0 Å². The molecule has 0 spiro atoms. The zero-order valence-electron chi connectivity index (χ0n) is 10.5. The monoisotopic (exact) mass is 232 g/mol. The third kappa shape index (κ3) is 2.11. The lowest BCUT2D eigenvalue weighted by atomic mass is 10.2. The average Bonchev–Trinajstić information content (AvgIpc) is 2.67. The standard InChI is InChI=1S/C13H16N2O2/c1-9-7-10(2)15(14-9)12-8-11(16-3)5-6-13(12)17-4/h5-8H,1-4H3. The van der Waals surface area contributed by atoms with Crippen molar-refractivity contribution in [1.82, 2.24) is 9.78 Å². The van der Waals surface area contributed by atoms with Crippen LogP contribution in [0.4, 0.5) is 0 Å². The van der Waals surface area contributed by atoms with Crippen LogP contribution < -0.4 is 9.47 Å². The lowest BCUT2D eigenvalue weighted by molar-refractivity contribution is 0.400. The molecule has 4 heteroatoms. The van der Waals surface area contributed by atoms with Crippen molar-refractivity contribution in [2.75, 3.05) is 14.2 Å². The van der Waals surface area contributed by atoms with Crippen LogP contribution in [-0.2, 0) is 0 Å². The molecule has 0 fully saturated rings. The normalized spacial score (nSPS) is 10.4. The second-order valence-corrected chi connectivity index (χ2v) is 3.88. The van der Waals surface area contributed by atoms with Gasteiger partial charge >= 0.3 is 0 Å². The van der Waals surface area contributed by atoms with E-state index < -0.39 is 0 Å². The molecule has 0 aliphatic heterocycles. The van der Waals surface area contributed by atoms with Crippen LogP contribution in [0.1, 0.15) is 11.4 Å². The summed E-state index contributed by atoms with van der Waals surface area (Å²) in [6.07, 6.45) is 0. The molecule has 17 heavy (non-hydrogen) atoms. The summed E-state index contributed by atoms with van der Waals surface area (Å²) in [5.41, 5.74) is 2.93. The van der Waals surface area contributed by atoms with Crippen LogP contribution in [0.5, 0.6) is 11.5 Å². The van der Waals surface area contributed by atoms with Crippen molar-refractivity contribution in [2.45, 2.75) is 13.8 Å². The molecule has 0 bridgehead atoms. The van der Waals surface area contributed by atoms with Crippen molar-refractivity contribution >= 4 is 0 Å². The van der Waals surface area contributed by atoms with Gasteiger partial charge in [0.2, 0.25) is 0 Å². The number of ether oxygens (including phenoxy) is 2. The Kier molecular flexibility index (Phi) is 3.04. The molecule has 0 N–H and O–H groups in total. The van der Waals surface area contributed by atoms with Gasteiger partial charge in [0, 0.05) is 11.8 Å². The maximum Gasteiger partial charge on any atom is 0.144 e. The Morgan fingerprint density at radius 1 is 1.06 bits per heavy atom. The van der Waals surface area contributed by atoms with Crippen LogP contribution in [0.15, 0.2) is 24.3 Å². The highest BCUT2D eigenvalue weighted by molar-refractivity contribution is 5.51. The van der Waals surface area contributed by atoms with E-state index >= 15 is 0 Å². The predicted octanol–water partition coefficient (Wildman–Crippen LogP) is 2.51. The maximum absolute atomic E-state index is 5.35. The van der Waals surface area contributed by atoms with Crippen LogP contribution >= 0.6 is 0 Å². The SMILES string of the molecule is COc1ccc(OC)c(-n2nc(C)cc2C)c1. The Morgan fingerprint density at radius 3 is 2.35 bits per heavy atom. The molecular weight excluding hydrogens is 216 g/mol. The van der Waals surface area contributed by atoms with Gasteiger partial charge in [-0.1, -0.05) is 0 Å². The summed E-state index contributed by atoms with van der Waals surface area (Å²) < 4.78 is 12.4. The van der Waals surface area contributed by atoms with Gasteiger partial charge in [-0.3, -0.25) is 0 Å². The first-order valence-electron chi connectivity index (χ1n) is 5.41. The first-order chi connectivity index (χ1) is 8.15. The quantitative estimate of drug-likeness (QED) is 0.815. The highest BCUT2D eigenvalue weighted by atomic mass is 16.5. The fourth-order valence-corrected chi connectivity index (χ4v) is 1.84. The molecule has 1 heterocycles. The molecule has 0 atom stereocenters. The Labute approximate surface area is 101 Å². The van der Waals surface area contributed by atoms with E-state index in [1.165, 1.54) is 0 Å². The predicted molar refractivity (Wildman–Crippen MR) is 66.1 cm³/mol. The van der Waals surface area contributed by atoms with Gasteiger partial charge in [-0.15, -0.1) is 0 Å². The summed E-state index contributed by atoms with van der Waals surface area (Å²) >= 11 is 0. The van der Waals surface area contributed by atoms with Gasteiger partial charge in [-0.2, -0.15) is 5.10 Å². The smallest absolute Gasteiger partial charge is 0.144 e. The fourth-order valence-electron chi connectivity index (χ4n) is 1.84. The molecule has 0 aliphatic rings. The number of hydrogen-bond acceptors (Lipinski definition) is 3. The minimum Gasteiger partial charge on any atom is -0.497 e.